The van der Waals surface area contributed by atoms with Crippen molar-refractivity contribution in [3.63, 3.8) is 0 Å². The second kappa shape index (κ2) is 5.74. The van der Waals surface area contributed by atoms with Gasteiger partial charge in [-0.2, -0.15) is 5.26 Å². The van der Waals surface area contributed by atoms with Gasteiger partial charge < -0.3 is 5.32 Å². The highest BCUT2D eigenvalue weighted by Crippen LogP contribution is 2.21. The van der Waals surface area contributed by atoms with Crippen LogP contribution >= 0.6 is 0 Å². The van der Waals surface area contributed by atoms with E-state index >= 15 is 0 Å². The first-order valence-electron chi connectivity index (χ1n) is 6.50. The Morgan fingerprint density at radius 3 is 2.77 bits per heavy atom. The zero-order chi connectivity index (χ0) is 15.5. The van der Waals surface area contributed by atoms with E-state index in [1.54, 1.807) is 6.07 Å². The van der Waals surface area contributed by atoms with Gasteiger partial charge in [0.05, 0.1) is 17.1 Å². The van der Waals surface area contributed by atoms with Crippen LogP contribution in [0.2, 0.25) is 0 Å². The van der Waals surface area contributed by atoms with E-state index in [9.17, 15) is 8.78 Å². The van der Waals surface area contributed by atoms with Gasteiger partial charge in [0.1, 0.15) is 23.8 Å². The second-order valence-corrected chi connectivity index (χ2v) is 4.66. The molecule has 0 saturated heterocycles. The zero-order valence-electron chi connectivity index (χ0n) is 11.3. The van der Waals surface area contributed by atoms with E-state index in [4.69, 9.17) is 5.26 Å². The van der Waals surface area contributed by atoms with Gasteiger partial charge in [0.15, 0.2) is 0 Å². The molecular formula is C16H10F2N4. The SMILES string of the molecule is N#Cc1ccc(F)c(CNc2ncnc3ccc(F)cc23)c1. The first-order valence-corrected chi connectivity index (χ1v) is 6.50. The highest BCUT2D eigenvalue weighted by atomic mass is 19.1. The molecule has 108 valence electrons. The molecule has 0 amide bonds. The highest BCUT2D eigenvalue weighted by Gasteiger charge is 2.07. The van der Waals surface area contributed by atoms with Gasteiger partial charge in [-0.3, -0.25) is 0 Å². The van der Waals surface area contributed by atoms with Crippen molar-refractivity contribution in [1.29, 1.82) is 5.26 Å². The van der Waals surface area contributed by atoms with Gasteiger partial charge in [0.2, 0.25) is 0 Å². The molecular weight excluding hydrogens is 286 g/mol. The topological polar surface area (TPSA) is 61.6 Å². The summed E-state index contributed by atoms with van der Waals surface area (Å²) in [7, 11) is 0. The average molecular weight is 296 g/mol. The molecule has 0 radical (unpaired) electrons. The Hall–Kier alpha value is -3.07. The third-order valence-corrected chi connectivity index (χ3v) is 3.22. The standard InChI is InChI=1S/C16H10F2N4/c17-12-2-4-15-13(6-12)16(22-9-21-15)20-8-11-5-10(7-19)1-3-14(11)18/h1-6,9H,8H2,(H,20,21,22). The molecule has 3 rings (SSSR count). The molecule has 0 saturated carbocycles. The van der Waals surface area contributed by atoms with Crippen LogP contribution in [0.25, 0.3) is 10.9 Å². The quantitative estimate of drug-likeness (QED) is 0.804. The van der Waals surface area contributed by atoms with Gasteiger partial charge in [-0.05, 0) is 36.4 Å². The van der Waals surface area contributed by atoms with Crippen molar-refractivity contribution in [1.82, 2.24) is 9.97 Å². The molecule has 22 heavy (non-hydrogen) atoms. The maximum Gasteiger partial charge on any atom is 0.137 e. The Labute approximate surface area is 125 Å². The third-order valence-electron chi connectivity index (χ3n) is 3.22. The molecule has 0 spiro atoms. The molecule has 2 aromatic carbocycles. The molecule has 0 atom stereocenters. The number of hydrogen-bond donors (Lipinski definition) is 1. The fraction of sp³-hybridized carbons (Fsp3) is 0.0625. The molecule has 0 aliphatic heterocycles. The van der Waals surface area contributed by atoms with Crippen LogP contribution in [0.15, 0.2) is 42.7 Å². The normalized spacial score (nSPS) is 10.4. The van der Waals surface area contributed by atoms with Crippen molar-refractivity contribution in [3.05, 3.63) is 65.5 Å². The van der Waals surface area contributed by atoms with Gasteiger partial charge in [0, 0.05) is 17.5 Å². The second-order valence-electron chi connectivity index (χ2n) is 4.66. The predicted molar refractivity (Wildman–Crippen MR) is 77.9 cm³/mol. The van der Waals surface area contributed by atoms with Crippen LogP contribution in [0.1, 0.15) is 11.1 Å². The fourth-order valence-electron chi connectivity index (χ4n) is 2.13. The Morgan fingerprint density at radius 2 is 1.95 bits per heavy atom. The van der Waals surface area contributed by atoms with E-state index in [2.05, 4.69) is 15.3 Å². The number of nitrogens with one attached hydrogen (secondary N) is 1. The molecule has 0 fully saturated rings. The Balaban J connectivity index is 1.92. The summed E-state index contributed by atoms with van der Waals surface area (Å²) in [5, 5.41) is 12.3. The monoisotopic (exact) mass is 296 g/mol. The Kier molecular flexibility index (Phi) is 3.62. The largest absolute Gasteiger partial charge is 0.365 e. The van der Waals surface area contributed by atoms with E-state index in [-0.39, 0.29) is 6.54 Å². The number of nitriles is 1. The number of fused-ring (bicyclic) bond motifs is 1. The summed E-state index contributed by atoms with van der Waals surface area (Å²) in [5.41, 5.74) is 1.30. The van der Waals surface area contributed by atoms with Gasteiger partial charge in [-0.15, -0.1) is 0 Å². The molecule has 4 nitrogen and oxygen atoms in total. The molecule has 6 heteroatoms. The van der Waals surface area contributed by atoms with Crippen LogP contribution in [0.4, 0.5) is 14.6 Å². The molecule has 0 aliphatic carbocycles. The van der Waals surface area contributed by atoms with E-state index in [0.29, 0.717) is 27.8 Å². The van der Waals surface area contributed by atoms with Crippen LogP contribution < -0.4 is 5.32 Å². The van der Waals surface area contributed by atoms with Crippen molar-refractivity contribution in [2.45, 2.75) is 6.54 Å². The smallest absolute Gasteiger partial charge is 0.137 e. The van der Waals surface area contributed by atoms with Crippen molar-refractivity contribution in [2.75, 3.05) is 5.32 Å². The molecule has 1 N–H and O–H groups in total. The van der Waals surface area contributed by atoms with E-state index < -0.39 is 11.6 Å². The van der Waals surface area contributed by atoms with Crippen molar-refractivity contribution >= 4 is 16.7 Å². The van der Waals surface area contributed by atoms with E-state index in [0.717, 1.165) is 0 Å². The zero-order valence-corrected chi connectivity index (χ0v) is 11.3. The maximum absolute atomic E-state index is 13.7. The lowest BCUT2D eigenvalue weighted by atomic mass is 10.1. The number of halogens is 2. The summed E-state index contributed by atoms with van der Waals surface area (Å²) in [5.74, 6) is -0.412. The lowest BCUT2D eigenvalue weighted by molar-refractivity contribution is 0.612. The number of anilines is 1. The van der Waals surface area contributed by atoms with Crippen molar-refractivity contribution in [2.24, 2.45) is 0 Å². The lowest BCUT2D eigenvalue weighted by Crippen LogP contribution is -2.05. The number of aromatic nitrogens is 2. The summed E-state index contributed by atoms with van der Waals surface area (Å²) in [4.78, 5) is 8.11. The molecule has 3 aromatic rings. The summed E-state index contributed by atoms with van der Waals surface area (Å²) < 4.78 is 27.1. The van der Waals surface area contributed by atoms with Crippen LogP contribution in [-0.4, -0.2) is 9.97 Å². The van der Waals surface area contributed by atoms with Crippen LogP contribution in [0, 0.1) is 23.0 Å². The average Bonchev–Trinajstić information content (AvgIpc) is 2.54. The molecule has 0 unspecified atom stereocenters. The number of nitrogens with zero attached hydrogens (tertiary/aromatic N) is 3. The third kappa shape index (κ3) is 2.69. The lowest BCUT2D eigenvalue weighted by Gasteiger charge is -2.09. The van der Waals surface area contributed by atoms with Crippen LogP contribution in [0.3, 0.4) is 0 Å². The van der Waals surface area contributed by atoms with Crippen LogP contribution in [-0.2, 0) is 6.54 Å². The molecule has 0 aliphatic rings. The maximum atomic E-state index is 13.7. The highest BCUT2D eigenvalue weighted by molar-refractivity contribution is 5.88. The Bertz CT molecular complexity index is 887. The molecule has 0 bridgehead atoms. The summed E-state index contributed by atoms with van der Waals surface area (Å²) >= 11 is 0. The van der Waals surface area contributed by atoms with Crippen molar-refractivity contribution in [3.8, 4) is 6.07 Å². The van der Waals surface area contributed by atoms with E-state index in [1.165, 1.54) is 36.7 Å². The van der Waals surface area contributed by atoms with Gasteiger partial charge in [-0.25, -0.2) is 18.7 Å². The fourth-order valence-corrected chi connectivity index (χ4v) is 2.13. The first kappa shape index (κ1) is 13.9. The minimum atomic E-state index is -0.420. The first-order chi connectivity index (χ1) is 10.7. The van der Waals surface area contributed by atoms with Crippen LogP contribution in [0.5, 0.6) is 0 Å². The van der Waals surface area contributed by atoms with Gasteiger partial charge in [0.25, 0.3) is 0 Å². The minimum Gasteiger partial charge on any atom is -0.365 e. The predicted octanol–water partition coefficient (Wildman–Crippen LogP) is 3.39. The molecule has 1 aromatic heterocycles. The summed E-state index contributed by atoms with van der Waals surface area (Å²) in [6.07, 6.45) is 1.35. The summed E-state index contributed by atoms with van der Waals surface area (Å²) in [6, 6.07) is 10.3. The number of benzene rings is 2. The molecule has 1 heterocycles. The Morgan fingerprint density at radius 1 is 1.09 bits per heavy atom. The van der Waals surface area contributed by atoms with Gasteiger partial charge >= 0.3 is 0 Å². The summed E-state index contributed by atoms with van der Waals surface area (Å²) in [6.45, 7) is 0.129. The van der Waals surface area contributed by atoms with Gasteiger partial charge in [-0.1, -0.05) is 0 Å². The minimum absolute atomic E-state index is 0.129. The van der Waals surface area contributed by atoms with Crippen molar-refractivity contribution < 1.29 is 8.78 Å². The number of hydrogen-bond acceptors (Lipinski definition) is 4. The number of rotatable bonds is 3. The van der Waals surface area contributed by atoms with E-state index in [1.807, 2.05) is 6.07 Å².